The van der Waals surface area contributed by atoms with Gasteiger partial charge < -0.3 is 9.47 Å². The number of fused-ring (bicyclic) bond motifs is 1. The van der Waals surface area contributed by atoms with Crippen LogP contribution in [-0.4, -0.2) is 43.9 Å². The van der Waals surface area contributed by atoms with Crippen LogP contribution in [0.25, 0.3) is 10.2 Å². The third kappa shape index (κ3) is 4.33. The second-order valence-corrected chi connectivity index (χ2v) is 10.1. The quantitative estimate of drug-likeness (QED) is 0.539. The molecule has 0 spiro atoms. The number of thiazole rings is 1. The van der Waals surface area contributed by atoms with Crippen LogP contribution in [0.2, 0.25) is 0 Å². The molecule has 2 heterocycles. The van der Waals surface area contributed by atoms with E-state index in [1.165, 1.54) is 34.9 Å². The van der Waals surface area contributed by atoms with Gasteiger partial charge in [-0.2, -0.15) is 4.31 Å². The maximum absolute atomic E-state index is 13.0. The van der Waals surface area contributed by atoms with Gasteiger partial charge in [0.25, 0.3) is 0 Å². The Bertz CT molecular complexity index is 1110. The molecule has 9 heteroatoms. The fraction of sp³-hybridized carbons (Fsp3) is 0.333. The molecule has 7 nitrogen and oxygen atoms in total. The number of hydrogen-bond donors (Lipinski definition) is 0. The molecular weight excluding hydrogens is 424 g/mol. The Labute approximate surface area is 179 Å². The van der Waals surface area contributed by atoms with Crippen LogP contribution in [0.1, 0.15) is 17.8 Å². The van der Waals surface area contributed by atoms with Crippen LogP contribution in [0.5, 0.6) is 5.75 Å². The topological polar surface area (TPSA) is 85.8 Å². The van der Waals surface area contributed by atoms with Crippen molar-refractivity contribution in [2.75, 3.05) is 20.2 Å². The Morgan fingerprint density at radius 1 is 1.20 bits per heavy atom. The summed E-state index contributed by atoms with van der Waals surface area (Å²) in [5, 5.41) is 0.725. The maximum Gasteiger partial charge on any atom is 0.310 e. The lowest BCUT2D eigenvalue weighted by Crippen LogP contribution is -2.42. The molecule has 1 aliphatic rings. The number of para-hydroxylation sites is 1. The van der Waals surface area contributed by atoms with Crippen LogP contribution in [-0.2, 0) is 26.2 Å². The number of esters is 1. The van der Waals surface area contributed by atoms with E-state index in [1.807, 2.05) is 24.3 Å². The first kappa shape index (κ1) is 20.8. The molecule has 1 aliphatic heterocycles. The molecule has 3 aromatic rings. The zero-order chi connectivity index (χ0) is 21.1. The Kier molecular flexibility index (Phi) is 6.03. The molecule has 158 valence electrons. The fourth-order valence-electron chi connectivity index (χ4n) is 3.48. The molecule has 0 aliphatic carbocycles. The van der Waals surface area contributed by atoms with Crippen LogP contribution in [0, 0.1) is 5.92 Å². The number of rotatable bonds is 6. The van der Waals surface area contributed by atoms with Gasteiger partial charge in [-0.05, 0) is 49.2 Å². The molecule has 4 rings (SSSR count). The summed E-state index contributed by atoms with van der Waals surface area (Å²) in [5.74, 6) is -0.283. The molecule has 0 amide bonds. The largest absolute Gasteiger partial charge is 0.497 e. The third-order valence-electron chi connectivity index (χ3n) is 5.09. The van der Waals surface area contributed by atoms with Crippen LogP contribution in [0.15, 0.2) is 53.4 Å². The number of aromatic nitrogens is 1. The molecule has 0 bridgehead atoms. The summed E-state index contributed by atoms with van der Waals surface area (Å²) >= 11 is 1.49. The number of methoxy groups -OCH3 is 1. The van der Waals surface area contributed by atoms with Crippen molar-refractivity contribution in [2.24, 2.45) is 5.92 Å². The minimum atomic E-state index is -3.68. The summed E-state index contributed by atoms with van der Waals surface area (Å²) in [6.07, 6.45) is 1.21. The molecule has 30 heavy (non-hydrogen) atoms. The Balaban J connectivity index is 1.40. The van der Waals surface area contributed by atoms with Crippen molar-refractivity contribution < 1.29 is 22.7 Å². The zero-order valence-corrected chi connectivity index (χ0v) is 18.1. The van der Waals surface area contributed by atoms with Gasteiger partial charge in [-0.3, -0.25) is 4.79 Å². The first-order valence-corrected chi connectivity index (χ1v) is 11.9. The molecule has 0 N–H and O–H groups in total. The van der Waals surface area contributed by atoms with Crippen molar-refractivity contribution >= 4 is 37.5 Å². The van der Waals surface area contributed by atoms with E-state index in [1.54, 1.807) is 12.1 Å². The van der Waals surface area contributed by atoms with E-state index < -0.39 is 15.9 Å². The second-order valence-electron chi connectivity index (χ2n) is 7.06. The smallest absolute Gasteiger partial charge is 0.310 e. The van der Waals surface area contributed by atoms with Gasteiger partial charge in [0.2, 0.25) is 10.0 Å². The van der Waals surface area contributed by atoms with Crippen molar-refractivity contribution in [3.8, 4) is 5.75 Å². The first-order valence-electron chi connectivity index (χ1n) is 9.62. The van der Waals surface area contributed by atoms with Crippen LogP contribution in [0.4, 0.5) is 0 Å². The Hall–Kier alpha value is -2.49. The SMILES string of the molecule is COc1ccc(S(=O)(=O)N2CCC[C@@H](C(=O)OCc3nc4ccccc4s3)C2)cc1. The monoisotopic (exact) mass is 446 g/mol. The molecular formula is C21H22N2O5S2. The summed E-state index contributed by atoms with van der Waals surface area (Å²) in [6.45, 7) is 0.600. The van der Waals surface area contributed by atoms with Crippen molar-refractivity contribution in [3.63, 3.8) is 0 Å². The molecule has 2 aromatic carbocycles. The summed E-state index contributed by atoms with van der Waals surface area (Å²) in [4.78, 5) is 17.2. The van der Waals surface area contributed by atoms with Gasteiger partial charge in [0.1, 0.15) is 17.4 Å². The van der Waals surface area contributed by atoms with Gasteiger partial charge in [-0.25, -0.2) is 13.4 Å². The average Bonchev–Trinajstić information content (AvgIpc) is 3.20. The number of piperidine rings is 1. The van der Waals surface area contributed by atoms with Gasteiger partial charge in [0, 0.05) is 13.1 Å². The van der Waals surface area contributed by atoms with E-state index in [-0.39, 0.29) is 24.0 Å². The molecule has 0 saturated carbocycles. The number of benzene rings is 2. The lowest BCUT2D eigenvalue weighted by Gasteiger charge is -2.30. The van der Waals surface area contributed by atoms with Gasteiger partial charge in [-0.1, -0.05) is 12.1 Å². The number of hydrogen-bond acceptors (Lipinski definition) is 7. The highest BCUT2D eigenvalue weighted by atomic mass is 32.2. The summed E-state index contributed by atoms with van der Waals surface area (Å²) in [5.41, 5.74) is 0.878. The zero-order valence-electron chi connectivity index (χ0n) is 16.5. The van der Waals surface area contributed by atoms with Crippen molar-refractivity contribution in [3.05, 3.63) is 53.5 Å². The molecule has 0 radical (unpaired) electrons. The molecule has 1 atom stereocenters. The lowest BCUT2D eigenvalue weighted by molar-refractivity contribution is -0.151. The van der Waals surface area contributed by atoms with Crippen LogP contribution in [0.3, 0.4) is 0 Å². The number of carbonyl (C=O) groups is 1. The number of nitrogens with zero attached hydrogens (tertiary/aromatic N) is 2. The molecule has 0 unspecified atom stereocenters. The minimum absolute atomic E-state index is 0.0971. The van der Waals surface area contributed by atoms with Gasteiger partial charge in [0.05, 0.1) is 28.1 Å². The fourth-order valence-corrected chi connectivity index (χ4v) is 5.89. The minimum Gasteiger partial charge on any atom is -0.497 e. The van der Waals surface area contributed by atoms with E-state index in [0.717, 1.165) is 15.2 Å². The Morgan fingerprint density at radius 2 is 1.97 bits per heavy atom. The highest BCUT2D eigenvalue weighted by Gasteiger charge is 2.34. The maximum atomic E-state index is 13.0. The predicted octanol–water partition coefficient (Wildman–Crippen LogP) is 3.45. The standard InChI is InChI=1S/C21H22N2O5S2/c1-27-16-8-10-17(11-9-16)30(25,26)23-12-4-5-15(13-23)21(24)28-14-20-22-18-6-2-3-7-19(18)29-20/h2-3,6-11,15H,4-5,12-14H2,1H3/t15-/m1/s1. The number of sulfonamides is 1. The number of ether oxygens (including phenoxy) is 2. The van der Waals surface area contributed by atoms with Crippen LogP contribution < -0.4 is 4.74 Å². The predicted molar refractivity (Wildman–Crippen MR) is 114 cm³/mol. The van der Waals surface area contributed by atoms with Gasteiger partial charge >= 0.3 is 5.97 Å². The lowest BCUT2D eigenvalue weighted by atomic mass is 10.0. The summed E-state index contributed by atoms with van der Waals surface area (Å²) in [7, 11) is -2.15. The first-order chi connectivity index (χ1) is 14.5. The van der Waals surface area contributed by atoms with E-state index in [2.05, 4.69) is 4.98 Å². The number of carbonyl (C=O) groups excluding carboxylic acids is 1. The van der Waals surface area contributed by atoms with Crippen LogP contribution >= 0.6 is 11.3 Å². The van der Waals surface area contributed by atoms with E-state index >= 15 is 0 Å². The molecule has 1 fully saturated rings. The van der Waals surface area contributed by atoms with Gasteiger partial charge in [0.15, 0.2) is 0 Å². The second kappa shape index (κ2) is 8.71. The van der Waals surface area contributed by atoms with Crippen molar-refractivity contribution in [2.45, 2.75) is 24.3 Å². The average molecular weight is 447 g/mol. The van der Waals surface area contributed by atoms with Crippen molar-refractivity contribution in [1.82, 2.24) is 9.29 Å². The third-order valence-corrected chi connectivity index (χ3v) is 7.98. The molecule has 1 aromatic heterocycles. The van der Waals surface area contributed by atoms with Gasteiger partial charge in [-0.15, -0.1) is 11.3 Å². The molecule has 1 saturated heterocycles. The Morgan fingerprint density at radius 3 is 2.70 bits per heavy atom. The van der Waals surface area contributed by atoms with Crippen molar-refractivity contribution in [1.29, 1.82) is 0 Å². The highest BCUT2D eigenvalue weighted by Crippen LogP contribution is 2.27. The summed E-state index contributed by atoms with van der Waals surface area (Å²) < 4.78 is 38.9. The van der Waals surface area contributed by atoms with E-state index in [4.69, 9.17) is 9.47 Å². The normalized spacial score (nSPS) is 17.7. The summed E-state index contributed by atoms with van der Waals surface area (Å²) in [6, 6.07) is 14.0. The van der Waals surface area contributed by atoms with E-state index in [0.29, 0.717) is 25.1 Å². The van der Waals surface area contributed by atoms with E-state index in [9.17, 15) is 13.2 Å². The highest BCUT2D eigenvalue weighted by molar-refractivity contribution is 7.89.